The zero-order valence-electron chi connectivity index (χ0n) is 16.0. The van der Waals surface area contributed by atoms with Crippen molar-refractivity contribution in [2.75, 3.05) is 10.6 Å². The Labute approximate surface area is 172 Å². The zero-order chi connectivity index (χ0) is 21.5. The van der Waals surface area contributed by atoms with Crippen molar-refractivity contribution in [1.29, 1.82) is 5.26 Å². The molecule has 0 aliphatic rings. The van der Waals surface area contributed by atoms with E-state index in [-0.39, 0.29) is 11.6 Å². The van der Waals surface area contributed by atoms with Crippen LogP contribution >= 0.6 is 0 Å². The second-order valence-electron chi connectivity index (χ2n) is 6.39. The van der Waals surface area contributed by atoms with Crippen molar-refractivity contribution in [2.45, 2.75) is 13.0 Å². The molecule has 2 N–H and O–H groups in total. The standard InChI is InChI=1S/C22H18N4O4/c1-15(22(27)25-18-6-10-19(11-7-18)26(28)29)24-17-8-12-20(13-9-17)30-21-5-3-2-4-16(21)14-23/h2-13,15,24H,1H3,(H,25,27). The van der Waals surface area contributed by atoms with Crippen molar-refractivity contribution in [3.05, 3.63) is 88.5 Å². The minimum absolute atomic E-state index is 0.0427. The lowest BCUT2D eigenvalue weighted by Gasteiger charge is -2.16. The first-order chi connectivity index (χ1) is 14.5. The molecule has 3 aromatic rings. The maximum absolute atomic E-state index is 12.4. The van der Waals surface area contributed by atoms with Crippen LogP contribution in [-0.2, 0) is 4.79 Å². The molecule has 8 nitrogen and oxygen atoms in total. The molecular formula is C22H18N4O4. The van der Waals surface area contributed by atoms with Crippen LogP contribution in [0.3, 0.4) is 0 Å². The lowest BCUT2D eigenvalue weighted by Crippen LogP contribution is -2.31. The first-order valence-electron chi connectivity index (χ1n) is 9.05. The number of nitro benzene ring substituents is 1. The van der Waals surface area contributed by atoms with Gasteiger partial charge in [-0.25, -0.2) is 0 Å². The molecule has 0 aliphatic heterocycles. The second-order valence-corrected chi connectivity index (χ2v) is 6.39. The molecule has 0 bridgehead atoms. The maximum atomic E-state index is 12.4. The number of nitriles is 1. The van der Waals surface area contributed by atoms with Crippen LogP contribution in [-0.4, -0.2) is 16.9 Å². The van der Waals surface area contributed by atoms with E-state index in [1.54, 1.807) is 55.5 Å². The van der Waals surface area contributed by atoms with Gasteiger partial charge < -0.3 is 15.4 Å². The Bertz CT molecular complexity index is 1090. The van der Waals surface area contributed by atoms with Gasteiger partial charge in [0.1, 0.15) is 23.6 Å². The molecule has 3 aromatic carbocycles. The smallest absolute Gasteiger partial charge is 0.269 e. The molecule has 0 fully saturated rings. The molecule has 8 heteroatoms. The Morgan fingerprint density at radius 3 is 2.30 bits per heavy atom. The number of para-hydroxylation sites is 1. The highest BCUT2D eigenvalue weighted by molar-refractivity contribution is 5.96. The molecule has 3 rings (SSSR count). The zero-order valence-corrected chi connectivity index (χ0v) is 16.0. The summed E-state index contributed by atoms with van der Waals surface area (Å²) in [7, 11) is 0. The molecule has 1 unspecified atom stereocenters. The van der Waals surface area contributed by atoms with Gasteiger partial charge in [0.25, 0.3) is 5.69 Å². The van der Waals surface area contributed by atoms with Gasteiger partial charge in [-0.15, -0.1) is 0 Å². The number of ether oxygens (including phenoxy) is 1. The second kappa shape index (κ2) is 9.21. The van der Waals surface area contributed by atoms with Crippen molar-refractivity contribution >= 4 is 23.0 Å². The van der Waals surface area contributed by atoms with Crippen LogP contribution in [0.25, 0.3) is 0 Å². The van der Waals surface area contributed by atoms with Crippen LogP contribution in [0.1, 0.15) is 12.5 Å². The van der Waals surface area contributed by atoms with Crippen molar-refractivity contribution in [1.82, 2.24) is 0 Å². The van der Waals surface area contributed by atoms with Gasteiger partial charge in [-0.2, -0.15) is 5.26 Å². The van der Waals surface area contributed by atoms with E-state index in [9.17, 15) is 14.9 Å². The van der Waals surface area contributed by atoms with E-state index in [4.69, 9.17) is 10.00 Å². The van der Waals surface area contributed by atoms with E-state index in [1.807, 2.05) is 0 Å². The summed E-state index contributed by atoms with van der Waals surface area (Å²) in [4.78, 5) is 22.5. The SMILES string of the molecule is CC(Nc1ccc(Oc2ccccc2C#N)cc1)C(=O)Nc1ccc([N+](=O)[O-])cc1. The number of rotatable bonds is 7. The third kappa shape index (κ3) is 5.11. The van der Waals surface area contributed by atoms with Crippen LogP contribution in [0.4, 0.5) is 17.1 Å². The molecule has 0 radical (unpaired) electrons. The number of nitrogens with one attached hydrogen (secondary N) is 2. The Morgan fingerprint density at radius 2 is 1.67 bits per heavy atom. The van der Waals surface area contributed by atoms with E-state index in [0.717, 1.165) is 0 Å². The maximum Gasteiger partial charge on any atom is 0.269 e. The number of nitro groups is 1. The molecule has 0 aliphatic carbocycles. The average Bonchev–Trinajstić information content (AvgIpc) is 2.75. The lowest BCUT2D eigenvalue weighted by molar-refractivity contribution is -0.384. The molecule has 0 spiro atoms. The average molecular weight is 402 g/mol. The van der Waals surface area contributed by atoms with Gasteiger partial charge in [0.2, 0.25) is 5.91 Å². The molecule has 1 atom stereocenters. The van der Waals surface area contributed by atoms with Crippen molar-refractivity contribution in [2.24, 2.45) is 0 Å². The van der Waals surface area contributed by atoms with Gasteiger partial charge in [0.05, 0.1) is 10.5 Å². The summed E-state index contributed by atoms with van der Waals surface area (Å²) in [5.41, 5.74) is 1.58. The van der Waals surface area contributed by atoms with Gasteiger partial charge in [0.15, 0.2) is 0 Å². The monoisotopic (exact) mass is 402 g/mol. The van der Waals surface area contributed by atoms with Crippen LogP contribution < -0.4 is 15.4 Å². The summed E-state index contributed by atoms with van der Waals surface area (Å²) >= 11 is 0. The largest absolute Gasteiger partial charge is 0.456 e. The van der Waals surface area contributed by atoms with Crippen LogP contribution in [0.5, 0.6) is 11.5 Å². The number of hydrogen-bond donors (Lipinski definition) is 2. The van der Waals surface area contributed by atoms with E-state index >= 15 is 0 Å². The van der Waals surface area contributed by atoms with Gasteiger partial charge in [0, 0.05) is 23.5 Å². The van der Waals surface area contributed by atoms with Gasteiger partial charge in [-0.05, 0) is 55.5 Å². The summed E-state index contributed by atoms with van der Waals surface area (Å²) in [6.45, 7) is 1.70. The molecular weight excluding hydrogens is 384 g/mol. The highest BCUT2D eigenvalue weighted by Crippen LogP contribution is 2.26. The lowest BCUT2D eigenvalue weighted by atomic mass is 10.2. The van der Waals surface area contributed by atoms with E-state index < -0.39 is 11.0 Å². The predicted molar refractivity (Wildman–Crippen MR) is 112 cm³/mol. The number of hydrogen-bond acceptors (Lipinski definition) is 6. The Balaban J connectivity index is 1.58. The fraction of sp³-hybridized carbons (Fsp3) is 0.0909. The topological polar surface area (TPSA) is 117 Å². The summed E-state index contributed by atoms with van der Waals surface area (Å²) < 4.78 is 5.74. The number of anilines is 2. The molecule has 0 aromatic heterocycles. The third-order valence-electron chi connectivity index (χ3n) is 4.21. The number of non-ortho nitro benzene ring substituents is 1. The molecule has 30 heavy (non-hydrogen) atoms. The minimum atomic E-state index is -0.550. The summed E-state index contributed by atoms with van der Waals surface area (Å²) in [6.07, 6.45) is 0. The molecule has 0 heterocycles. The van der Waals surface area contributed by atoms with E-state index in [0.29, 0.717) is 28.4 Å². The van der Waals surface area contributed by atoms with Crippen LogP contribution in [0, 0.1) is 21.4 Å². The minimum Gasteiger partial charge on any atom is -0.456 e. The number of carbonyl (C=O) groups is 1. The van der Waals surface area contributed by atoms with Crippen molar-refractivity contribution in [3.63, 3.8) is 0 Å². The Kier molecular flexibility index (Phi) is 6.25. The van der Waals surface area contributed by atoms with Gasteiger partial charge >= 0.3 is 0 Å². The quantitative estimate of drug-likeness (QED) is 0.437. The highest BCUT2D eigenvalue weighted by atomic mass is 16.6. The van der Waals surface area contributed by atoms with E-state index in [1.165, 1.54) is 24.3 Å². The molecule has 1 amide bonds. The molecule has 150 valence electrons. The normalized spacial score (nSPS) is 11.1. The number of carbonyl (C=O) groups excluding carboxylic acids is 1. The summed E-state index contributed by atoms with van der Waals surface area (Å²) in [6, 6.07) is 21.1. The van der Waals surface area contributed by atoms with Gasteiger partial charge in [-0.3, -0.25) is 14.9 Å². The van der Waals surface area contributed by atoms with Crippen LogP contribution in [0.15, 0.2) is 72.8 Å². The summed E-state index contributed by atoms with van der Waals surface area (Å²) in [5, 5.41) is 25.6. The van der Waals surface area contributed by atoms with Crippen molar-refractivity contribution in [3.8, 4) is 17.6 Å². The number of benzene rings is 3. The van der Waals surface area contributed by atoms with Gasteiger partial charge in [-0.1, -0.05) is 12.1 Å². The Hall–Kier alpha value is -4.38. The van der Waals surface area contributed by atoms with Crippen LogP contribution in [0.2, 0.25) is 0 Å². The predicted octanol–water partition coefficient (Wildman–Crippen LogP) is 4.70. The molecule has 0 saturated heterocycles. The molecule has 0 saturated carbocycles. The Morgan fingerprint density at radius 1 is 1.03 bits per heavy atom. The first kappa shape index (κ1) is 20.4. The highest BCUT2D eigenvalue weighted by Gasteiger charge is 2.14. The van der Waals surface area contributed by atoms with E-state index in [2.05, 4.69) is 16.7 Å². The third-order valence-corrected chi connectivity index (χ3v) is 4.21. The number of amides is 1. The first-order valence-corrected chi connectivity index (χ1v) is 9.05. The number of nitrogens with zero attached hydrogens (tertiary/aromatic N) is 2. The fourth-order valence-electron chi connectivity index (χ4n) is 2.63. The fourth-order valence-corrected chi connectivity index (χ4v) is 2.63. The van der Waals surface area contributed by atoms with Crippen molar-refractivity contribution < 1.29 is 14.5 Å². The summed E-state index contributed by atoms with van der Waals surface area (Å²) in [5.74, 6) is 0.745.